The molecule has 1 unspecified atom stereocenters. The summed E-state index contributed by atoms with van der Waals surface area (Å²) < 4.78 is 0. The van der Waals surface area contributed by atoms with Crippen LogP contribution in [0.3, 0.4) is 0 Å². The molecule has 1 aliphatic rings. The number of thiazole rings is 1. The van der Waals surface area contributed by atoms with E-state index in [9.17, 15) is 0 Å². The molecule has 2 heterocycles. The van der Waals surface area contributed by atoms with Gasteiger partial charge in [0.15, 0.2) is 5.96 Å². The zero-order valence-corrected chi connectivity index (χ0v) is 16.0. The van der Waals surface area contributed by atoms with E-state index in [0.717, 1.165) is 44.1 Å². The van der Waals surface area contributed by atoms with Crippen LogP contribution in [0.25, 0.3) is 0 Å². The van der Waals surface area contributed by atoms with E-state index in [1.807, 2.05) is 7.05 Å². The summed E-state index contributed by atoms with van der Waals surface area (Å²) in [6, 6.07) is 0. The second-order valence-corrected chi connectivity index (χ2v) is 7.99. The van der Waals surface area contributed by atoms with Crippen LogP contribution in [0.4, 0.5) is 0 Å². The Morgan fingerprint density at radius 2 is 2.35 bits per heavy atom. The average Bonchev–Trinajstić information content (AvgIpc) is 2.93. The van der Waals surface area contributed by atoms with Gasteiger partial charge in [0.25, 0.3) is 0 Å². The summed E-state index contributed by atoms with van der Waals surface area (Å²) in [6.45, 7) is 10.0. The zero-order valence-electron chi connectivity index (χ0n) is 15.2. The van der Waals surface area contributed by atoms with Crippen LogP contribution in [0.5, 0.6) is 0 Å². The lowest BCUT2D eigenvalue weighted by atomic mass is 9.78. The van der Waals surface area contributed by atoms with Gasteiger partial charge in [0.05, 0.1) is 5.01 Å². The third kappa shape index (κ3) is 5.48. The summed E-state index contributed by atoms with van der Waals surface area (Å²) in [5, 5.41) is 6.92. The molecule has 1 atom stereocenters. The second-order valence-electron chi connectivity index (χ2n) is 7.05. The predicted octanol–water partition coefficient (Wildman–Crippen LogP) is 3.86. The summed E-state index contributed by atoms with van der Waals surface area (Å²) in [6.07, 6.45) is 7.35. The summed E-state index contributed by atoms with van der Waals surface area (Å²) in [5.74, 6) is 1.07. The summed E-state index contributed by atoms with van der Waals surface area (Å²) in [7, 11) is 1.90. The Kier molecular flexibility index (Phi) is 6.88. The molecule has 5 heteroatoms. The van der Waals surface area contributed by atoms with Crippen LogP contribution >= 0.6 is 11.3 Å². The first kappa shape index (κ1) is 18.2. The number of rotatable bonds is 6. The molecule has 1 aliphatic heterocycles. The Morgan fingerprint density at radius 1 is 1.52 bits per heavy atom. The van der Waals surface area contributed by atoms with Gasteiger partial charge in [-0.3, -0.25) is 4.99 Å². The van der Waals surface area contributed by atoms with Crippen molar-refractivity contribution in [1.82, 2.24) is 15.2 Å². The van der Waals surface area contributed by atoms with Crippen LogP contribution in [0.15, 0.2) is 10.4 Å². The van der Waals surface area contributed by atoms with Crippen molar-refractivity contribution >= 4 is 17.3 Å². The molecule has 4 nitrogen and oxygen atoms in total. The molecule has 0 amide bonds. The quantitative estimate of drug-likeness (QED) is 0.487. The van der Waals surface area contributed by atoms with Crippen molar-refractivity contribution < 1.29 is 0 Å². The highest BCUT2D eigenvalue weighted by atomic mass is 32.1. The highest BCUT2D eigenvalue weighted by molar-refractivity contribution is 7.09. The van der Waals surface area contributed by atoms with Gasteiger partial charge < -0.3 is 10.2 Å². The molecule has 1 saturated heterocycles. The molecule has 1 aromatic heterocycles. The number of nitrogens with one attached hydrogen (secondary N) is 1. The maximum Gasteiger partial charge on any atom is 0.193 e. The first-order valence-electron chi connectivity index (χ1n) is 8.93. The van der Waals surface area contributed by atoms with Crippen LogP contribution in [-0.2, 0) is 6.42 Å². The SMILES string of the molecule is CCCC1(C)CCCN(C(=NC)NCCCc2nc(C)cs2)C1. The number of likely N-dealkylation sites (tertiary alicyclic amines) is 1. The van der Waals surface area contributed by atoms with Crippen molar-refractivity contribution in [1.29, 1.82) is 0 Å². The fraction of sp³-hybridized carbons (Fsp3) is 0.778. The minimum Gasteiger partial charge on any atom is -0.356 e. The Bertz CT molecular complexity index is 507. The summed E-state index contributed by atoms with van der Waals surface area (Å²) in [4.78, 5) is 11.5. The minimum atomic E-state index is 0.447. The van der Waals surface area contributed by atoms with Crippen LogP contribution in [0, 0.1) is 12.3 Å². The largest absolute Gasteiger partial charge is 0.356 e. The first-order chi connectivity index (χ1) is 11.1. The van der Waals surface area contributed by atoms with Crippen molar-refractivity contribution in [3.05, 3.63) is 16.1 Å². The predicted molar refractivity (Wildman–Crippen MR) is 100 cm³/mol. The maximum absolute atomic E-state index is 4.53. The highest BCUT2D eigenvalue weighted by Crippen LogP contribution is 2.33. The highest BCUT2D eigenvalue weighted by Gasteiger charge is 2.31. The third-order valence-electron chi connectivity index (χ3n) is 4.66. The Hall–Kier alpha value is -1.10. The topological polar surface area (TPSA) is 40.5 Å². The third-order valence-corrected chi connectivity index (χ3v) is 5.69. The van der Waals surface area contributed by atoms with Gasteiger partial charge in [-0.15, -0.1) is 11.3 Å². The molecule has 2 rings (SSSR count). The van der Waals surface area contributed by atoms with Gasteiger partial charge in [-0.1, -0.05) is 20.3 Å². The number of aryl methyl sites for hydroxylation is 2. The zero-order chi connectivity index (χ0) is 16.7. The average molecular weight is 337 g/mol. The number of nitrogens with zero attached hydrogens (tertiary/aromatic N) is 3. The molecule has 0 radical (unpaired) electrons. The molecule has 0 spiro atoms. The summed E-state index contributed by atoms with van der Waals surface area (Å²) in [5.41, 5.74) is 1.58. The van der Waals surface area contributed by atoms with Crippen molar-refractivity contribution in [2.24, 2.45) is 10.4 Å². The van der Waals surface area contributed by atoms with Crippen LogP contribution < -0.4 is 5.32 Å². The molecular formula is C18H32N4S. The molecule has 0 aliphatic carbocycles. The fourth-order valence-corrected chi connectivity index (χ4v) is 4.41. The Balaban J connectivity index is 1.78. The van der Waals surface area contributed by atoms with E-state index in [2.05, 4.69) is 46.3 Å². The van der Waals surface area contributed by atoms with E-state index in [4.69, 9.17) is 0 Å². The van der Waals surface area contributed by atoms with E-state index < -0.39 is 0 Å². The number of guanidine groups is 1. The van der Waals surface area contributed by atoms with Crippen molar-refractivity contribution in [2.45, 2.75) is 59.3 Å². The standard InChI is InChI=1S/C18H32N4S/c1-5-9-18(3)10-7-12-22(14-18)17(19-4)20-11-6-8-16-21-15(2)13-23-16/h13H,5-12,14H2,1-4H3,(H,19,20). The molecule has 1 N–H and O–H groups in total. The van der Waals surface area contributed by atoms with Gasteiger partial charge in [-0.2, -0.15) is 0 Å². The lowest BCUT2D eigenvalue weighted by molar-refractivity contribution is 0.142. The van der Waals surface area contributed by atoms with E-state index >= 15 is 0 Å². The smallest absolute Gasteiger partial charge is 0.193 e. The second kappa shape index (κ2) is 8.67. The molecule has 0 bridgehead atoms. The Morgan fingerprint density at radius 3 is 3.00 bits per heavy atom. The number of hydrogen-bond donors (Lipinski definition) is 1. The molecule has 130 valence electrons. The van der Waals surface area contributed by atoms with E-state index in [1.54, 1.807) is 11.3 Å². The number of piperidine rings is 1. The van der Waals surface area contributed by atoms with E-state index in [0.29, 0.717) is 5.41 Å². The van der Waals surface area contributed by atoms with Crippen LogP contribution in [0.2, 0.25) is 0 Å². The lowest BCUT2D eigenvalue weighted by Gasteiger charge is -2.42. The molecule has 23 heavy (non-hydrogen) atoms. The van der Waals surface area contributed by atoms with Crippen LogP contribution in [0.1, 0.15) is 56.7 Å². The fourth-order valence-electron chi connectivity index (χ4n) is 3.59. The molecule has 0 saturated carbocycles. The normalized spacial score (nSPS) is 22.4. The lowest BCUT2D eigenvalue weighted by Crippen LogP contribution is -2.50. The van der Waals surface area contributed by atoms with E-state index in [-0.39, 0.29) is 0 Å². The van der Waals surface area contributed by atoms with Gasteiger partial charge >= 0.3 is 0 Å². The van der Waals surface area contributed by atoms with Gasteiger partial charge in [-0.25, -0.2) is 4.98 Å². The first-order valence-corrected chi connectivity index (χ1v) is 9.81. The Labute approximate surface area is 145 Å². The summed E-state index contributed by atoms with van der Waals surface area (Å²) >= 11 is 1.77. The number of aromatic nitrogens is 1. The number of hydrogen-bond acceptors (Lipinski definition) is 3. The van der Waals surface area contributed by atoms with Crippen molar-refractivity contribution in [3.8, 4) is 0 Å². The monoisotopic (exact) mass is 336 g/mol. The van der Waals surface area contributed by atoms with E-state index in [1.165, 1.54) is 30.7 Å². The van der Waals surface area contributed by atoms with Crippen LogP contribution in [-0.4, -0.2) is 42.5 Å². The maximum atomic E-state index is 4.53. The van der Waals surface area contributed by atoms with Gasteiger partial charge in [-0.05, 0) is 38.0 Å². The minimum absolute atomic E-state index is 0.447. The molecule has 0 aromatic carbocycles. The number of aliphatic imine (C=N–C) groups is 1. The molecule has 1 fully saturated rings. The van der Waals surface area contributed by atoms with Gasteiger partial charge in [0, 0.05) is 44.2 Å². The van der Waals surface area contributed by atoms with Crippen molar-refractivity contribution in [3.63, 3.8) is 0 Å². The van der Waals surface area contributed by atoms with Crippen molar-refractivity contribution in [2.75, 3.05) is 26.7 Å². The van der Waals surface area contributed by atoms with Gasteiger partial charge in [0.1, 0.15) is 0 Å². The molecule has 1 aromatic rings. The van der Waals surface area contributed by atoms with Gasteiger partial charge in [0.2, 0.25) is 0 Å². The molecular weight excluding hydrogens is 304 g/mol.